The van der Waals surface area contributed by atoms with Crippen LogP contribution >= 0.6 is 0 Å². The minimum Gasteiger partial charge on any atom is -0.369 e. The van der Waals surface area contributed by atoms with Gasteiger partial charge in [-0.15, -0.1) is 0 Å². The van der Waals surface area contributed by atoms with Gasteiger partial charge in [-0.1, -0.05) is 72.8 Å². The standard InChI is InChI=1S/C17H21N3O.C16H21N2.C15H19N2.C12H18N2O5S.C11H17NO4S/c1-3-20(13-12-19-10-5-4-6-11-19)17-9-7-8-16(14-17)18-15(2)21;1-3-18(16-9-7-8-15(2)14-16)13-12-17-10-5-4-6-11-17;1-2-17(15-9-5-3-6-10-15)14-13-16-11-7-4-8-12-16;1-3-14(7-8-19-20(16,17)18)12-6-4-5-11(9-12)13-10(2)15;1-3-12(7-8-16-17(13,14)15)11-6-4-5-10(2)9-11/h4-11,14H,3,12-13H2,1-2H3;4-11,14H,3,12-13H2,1-2H3;3-12H,2,13-14H2,1H3;4-6,9H,3,7-8H2,1-2H3,(H,13,15)(H,16,17,18);4-6,9H,3,7-8H2,1-2H3,(H,13,14,15)/q;2*+1;;/p+1. The first kappa shape index (κ1) is 76.7. The van der Waals surface area contributed by atoms with Crippen LogP contribution in [0.25, 0.3) is 0 Å². The molecule has 0 spiro atoms. The summed E-state index contributed by atoms with van der Waals surface area (Å²) in [6.45, 7) is 28.3. The van der Waals surface area contributed by atoms with Crippen LogP contribution in [0.2, 0.25) is 0 Å². The van der Waals surface area contributed by atoms with Gasteiger partial charge in [-0.2, -0.15) is 16.8 Å². The Kier molecular flexibility index (Phi) is 34.9. The van der Waals surface area contributed by atoms with Crippen LogP contribution in [-0.2, 0) is 58.4 Å². The molecule has 0 unspecified atom stereocenters. The molecule has 0 atom stereocenters. The molecule has 8 rings (SSSR count). The summed E-state index contributed by atoms with van der Waals surface area (Å²) in [7, 11) is -8.76. The molecule has 0 radical (unpaired) electrons. The van der Waals surface area contributed by atoms with Gasteiger partial charge in [-0.05, 0) is 132 Å². The maximum atomic E-state index is 11.1. The van der Waals surface area contributed by atoms with E-state index in [1.54, 1.807) is 18.2 Å². The van der Waals surface area contributed by atoms with Gasteiger partial charge >= 0.3 is 20.8 Å². The number of aryl methyl sites for hydroxylation is 2. The van der Waals surface area contributed by atoms with Crippen molar-refractivity contribution in [3.63, 3.8) is 0 Å². The van der Waals surface area contributed by atoms with Crippen molar-refractivity contribution in [1.29, 1.82) is 0 Å². The van der Waals surface area contributed by atoms with E-state index in [4.69, 9.17) is 9.11 Å². The topological polar surface area (TPSA) is 213 Å². The lowest BCUT2D eigenvalue weighted by molar-refractivity contribution is -0.694. The van der Waals surface area contributed by atoms with Crippen molar-refractivity contribution in [1.82, 2.24) is 0 Å². The Morgan fingerprint density at radius 1 is 0.376 bits per heavy atom. The molecule has 0 saturated carbocycles. The highest BCUT2D eigenvalue weighted by Gasteiger charge is 2.13. The zero-order chi connectivity index (χ0) is 67.9. The van der Waals surface area contributed by atoms with Gasteiger partial charge in [0.2, 0.25) is 11.8 Å². The van der Waals surface area contributed by atoms with Crippen molar-refractivity contribution < 1.29 is 57.6 Å². The first-order valence-electron chi connectivity index (χ1n) is 31.4. The molecule has 3 heterocycles. The van der Waals surface area contributed by atoms with Crippen LogP contribution in [0, 0.1) is 13.8 Å². The van der Waals surface area contributed by atoms with E-state index in [2.05, 4.69) is 203 Å². The molecule has 2 amide bonds. The van der Waals surface area contributed by atoms with Gasteiger partial charge in [0.05, 0.1) is 32.8 Å². The Morgan fingerprint density at radius 2 is 0.645 bits per heavy atom. The van der Waals surface area contributed by atoms with E-state index in [0.29, 0.717) is 25.3 Å². The van der Waals surface area contributed by atoms with Crippen LogP contribution < -0.4 is 48.8 Å². The average Bonchev–Trinajstić information content (AvgIpc) is 2.05. The number of nitrogens with zero attached hydrogens (tertiary/aromatic N) is 8. The van der Waals surface area contributed by atoms with E-state index in [-0.39, 0.29) is 25.0 Å². The highest BCUT2D eigenvalue weighted by Crippen LogP contribution is 2.22. The molecule has 0 fully saturated rings. The fourth-order valence-electron chi connectivity index (χ4n) is 9.57. The van der Waals surface area contributed by atoms with Crippen LogP contribution in [0.3, 0.4) is 0 Å². The van der Waals surface area contributed by atoms with Crippen molar-refractivity contribution >= 4 is 72.4 Å². The largest absolute Gasteiger partial charge is 0.397 e. The molecule has 3 aromatic heterocycles. The number of hydrogen-bond acceptors (Lipinski definition) is 13. The molecule has 4 N–H and O–H groups in total. The lowest BCUT2D eigenvalue weighted by Crippen LogP contribution is -2.40. The van der Waals surface area contributed by atoms with Gasteiger partial charge in [0.15, 0.2) is 56.8 Å². The lowest BCUT2D eigenvalue weighted by atomic mass is 10.2. The monoisotopic (exact) mass is 1310 g/mol. The molecule has 8 aromatic rings. The quantitative estimate of drug-likeness (QED) is 0.0254. The molecule has 0 aliphatic heterocycles. The number of para-hydroxylation sites is 1. The lowest BCUT2D eigenvalue weighted by Gasteiger charge is -2.23. The molecule has 93 heavy (non-hydrogen) atoms. The predicted molar refractivity (Wildman–Crippen MR) is 375 cm³/mol. The van der Waals surface area contributed by atoms with Crippen LogP contribution in [-0.4, -0.2) is 116 Å². The summed E-state index contributed by atoms with van der Waals surface area (Å²) in [5, 5.41) is 5.50. The predicted octanol–water partition coefficient (Wildman–Crippen LogP) is 10.7. The number of anilines is 7. The third kappa shape index (κ3) is 32.4. The number of pyridine rings is 3. The second-order valence-electron chi connectivity index (χ2n) is 21.2. The van der Waals surface area contributed by atoms with Crippen molar-refractivity contribution in [2.75, 3.05) is 114 Å². The number of nitrogens with one attached hydrogen (secondary N) is 2. The van der Waals surface area contributed by atoms with Gasteiger partial charge in [-0.25, -0.2) is 22.1 Å². The van der Waals surface area contributed by atoms with E-state index >= 15 is 0 Å². The summed E-state index contributed by atoms with van der Waals surface area (Å²) in [6, 6.07) is 60.8. The molecule has 22 heteroatoms. The number of aromatic nitrogens is 3. The normalized spacial score (nSPS) is 10.7. The number of carbonyl (C=O) groups is 2. The van der Waals surface area contributed by atoms with E-state index in [1.807, 2.05) is 103 Å². The highest BCUT2D eigenvalue weighted by molar-refractivity contribution is 7.81. The Labute approximate surface area is 553 Å². The molecular formula is C71H97N10O10S2+3. The zero-order valence-electron chi connectivity index (χ0n) is 55.4. The smallest absolute Gasteiger partial charge is 0.369 e. The summed E-state index contributed by atoms with van der Waals surface area (Å²) in [5.74, 6) is -0.213. The van der Waals surface area contributed by atoms with Crippen molar-refractivity contribution in [3.8, 4) is 0 Å². The third-order valence-electron chi connectivity index (χ3n) is 14.2. The SMILES string of the molecule is CCN(CCOS(=O)(=O)O)c1cccc(C)c1.CCN(CCOS(=O)(=O)O)c1cccc(NC(C)=O)c1.CCN(CC[n+]1ccccc1)c1cccc(C)c1.CCN(CC[n+]1ccccc1)c1cccc(NC(C)=O)c1.CCN(CC[n+]1ccccc1)c1ccccc1. The number of benzene rings is 5. The zero-order valence-corrected chi connectivity index (χ0v) is 57.1. The second kappa shape index (κ2) is 42.4. The second-order valence-corrected chi connectivity index (χ2v) is 23.4. The number of hydrogen-bond donors (Lipinski definition) is 4. The summed E-state index contributed by atoms with van der Waals surface area (Å²) in [6.07, 6.45) is 12.6. The fraction of sp³-hybridized carbons (Fsp3) is 0.338. The van der Waals surface area contributed by atoms with Gasteiger partial charge in [-0.3, -0.25) is 18.7 Å². The molecule has 500 valence electrons. The molecule has 0 aliphatic rings. The van der Waals surface area contributed by atoms with Crippen LogP contribution in [0.4, 0.5) is 39.8 Å². The summed E-state index contributed by atoms with van der Waals surface area (Å²) < 4.78 is 73.9. The highest BCUT2D eigenvalue weighted by atomic mass is 32.3. The fourth-order valence-corrected chi connectivity index (χ4v) is 10.1. The first-order chi connectivity index (χ1) is 44.6. The number of rotatable bonds is 29. The minimum absolute atomic E-state index is 0.0463. The third-order valence-corrected chi connectivity index (χ3v) is 15.2. The van der Waals surface area contributed by atoms with Crippen molar-refractivity contribution in [3.05, 3.63) is 230 Å². The molecule has 0 aliphatic carbocycles. The Balaban J connectivity index is 0.000000248. The Morgan fingerprint density at radius 3 is 0.935 bits per heavy atom. The van der Waals surface area contributed by atoms with E-state index < -0.39 is 20.8 Å². The van der Waals surface area contributed by atoms with E-state index in [1.165, 1.54) is 30.8 Å². The van der Waals surface area contributed by atoms with Gasteiger partial charge < -0.3 is 35.1 Å². The summed E-state index contributed by atoms with van der Waals surface area (Å²) >= 11 is 0. The first-order valence-corrected chi connectivity index (χ1v) is 34.1. The summed E-state index contributed by atoms with van der Waals surface area (Å²) in [4.78, 5) is 33.1. The van der Waals surface area contributed by atoms with E-state index in [9.17, 15) is 26.4 Å². The summed E-state index contributed by atoms with van der Waals surface area (Å²) in [5.41, 5.74) is 9.51. The van der Waals surface area contributed by atoms with Crippen molar-refractivity contribution in [2.24, 2.45) is 0 Å². The van der Waals surface area contributed by atoms with Crippen LogP contribution in [0.1, 0.15) is 59.6 Å². The maximum absolute atomic E-state index is 11.1. The molecule has 5 aromatic carbocycles. The number of carbonyl (C=O) groups excluding carboxylic acids is 2. The average molecular weight is 1310 g/mol. The van der Waals surface area contributed by atoms with Crippen LogP contribution in [0.5, 0.6) is 0 Å². The van der Waals surface area contributed by atoms with Gasteiger partial charge in [0.25, 0.3) is 0 Å². The maximum Gasteiger partial charge on any atom is 0.397 e. The Hall–Kier alpha value is -8.77. The number of likely N-dealkylation sites (N-methyl/N-ethyl adjacent to an activating group) is 5. The number of amides is 2. The van der Waals surface area contributed by atoms with Crippen LogP contribution in [0.15, 0.2) is 219 Å². The van der Waals surface area contributed by atoms with Gasteiger partial charge in [0, 0.05) is 136 Å². The van der Waals surface area contributed by atoms with E-state index in [0.717, 1.165) is 93.8 Å². The molecule has 0 saturated heterocycles. The molecular weight excluding hydrogens is 1220 g/mol. The Bertz CT molecular complexity index is 3620. The molecule has 20 nitrogen and oxygen atoms in total. The molecule has 0 bridgehead atoms. The van der Waals surface area contributed by atoms with Crippen molar-refractivity contribution in [2.45, 2.75) is 81.9 Å². The minimum atomic E-state index is -4.42. The van der Waals surface area contributed by atoms with Gasteiger partial charge in [0.1, 0.15) is 0 Å².